The van der Waals surface area contributed by atoms with E-state index in [0.717, 1.165) is 44.6 Å². The second-order valence-electron chi connectivity index (χ2n) is 5.70. The first kappa shape index (κ1) is 16.8. The van der Waals surface area contributed by atoms with Crippen LogP contribution in [0, 0.1) is 5.92 Å². The lowest BCUT2D eigenvalue weighted by molar-refractivity contribution is -0.150. The monoisotopic (exact) mass is 305 g/mol. The number of rotatable bonds is 7. The van der Waals surface area contributed by atoms with Crippen molar-refractivity contribution < 1.29 is 14.3 Å². The average molecular weight is 305 g/mol. The van der Waals surface area contributed by atoms with Gasteiger partial charge in [-0.3, -0.25) is 9.69 Å². The molecule has 122 valence electrons. The Hall–Kier alpha value is -1.55. The highest BCUT2D eigenvalue weighted by Crippen LogP contribution is 2.20. The van der Waals surface area contributed by atoms with E-state index >= 15 is 0 Å². The molecule has 1 aliphatic rings. The molecule has 1 atom stereocenters. The predicted molar refractivity (Wildman–Crippen MR) is 87.1 cm³/mol. The SMILES string of the molecule is CCOC(=O)C1CCCN(CCOc2ccccc2CC)C1. The molecular weight excluding hydrogens is 278 g/mol. The lowest BCUT2D eigenvalue weighted by Gasteiger charge is -2.31. The zero-order valence-corrected chi connectivity index (χ0v) is 13.7. The Morgan fingerprint density at radius 2 is 2.14 bits per heavy atom. The molecule has 0 amide bonds. The number of piperidine rings is 1. The molecule has 0 radical (unpaired) electrons. The van der Waals surface area contributed by atoms with Gasteiger partial charge in [-0.2, -0.15) is 0 Å². The van der Waals surface area contributed by atoms with E-state index in [1.807, 2.05) is 25.1 Å². The van der Waals surface area contributed by atoms with Crippen LogP contribution >= 0.6 is 0 Å². The smallest absolute Gasteiger partial charge is 0.310 e. The minimum absolute atomic E-state index is 0.0247. The first-order chi connectivity index (χ1) is 10.7. The van der Waals surface area contributed by atoms with Crippen molar-refractivity contribution in [2.45, 2.75) is 33.1 Å². The molecule has 0 bridgehead atoms. The first-order valence-electron chi connectivity index (χ1n) is 8.34. The number of para-hydroxylation sites is 1. The molecule has 0 spiro atoms. The molecule has 1 aliphatic heterocycles. The van der Waals surface area contributed by atoms with Crippen LogP contribution in [0.25, 0.3) is 0 Å². The van der Waals surface area contributed by atoms with Crippen molar-refractivity contribution in [2.24, 2.45) is 5.92 Å². The van der Waals surface area contributed by atoms with Crippen LogP contribution in [0.2, 0.25) is 0 Å². The molecule has 1 unspecified atom stereocenters. The number of hydrogen-bond acceptors (Lipinski definition) is 4. The number of carbonyl (C=O) groups excluding carboxylic acids is 1. The number of hydrogen-bond donors (Lipinski definition) is 0. The lowest BCUT2D eigenvalue weighted by Crippen LogP contribution is -2.41. The third-order valence-corrected chi connectivity index (χ3v) is 4.14. The largest absolute Gasteiger partial charge is 0.492 e. The summed E-state index contributed by atoms with van der Waals surface area (Å²) in [5.74, 6) is 0.949. The van der Waals surface area contributed by atoms with Crippen molar-refractivity contribution in [3.8, 4) is 5.75 Å². The molecule has 1 aromatic rings. The fourth-order valence-corrected chi connectivity index (χ4v) is 2.93. The quantitative estimate of drug-likeness (QED) is 0.726. The van der Waals surface area contributed by atoms with Crippen molar-refractivity contribution in [2.75, 3.05) is 32.8 Å². The molecule has 0 aromatic heterocycles. The van der Waals surface area contributed by atoms with Gasteiger partial charge in [0.05, 0.1) is 12.5 Å². The van der Waals surface area contributed by atoms with Crippen LogP contribution in [0.3, 0.4) is 0 Å². The highest BCUT2D eigenvalue weighted by molar-refractivity contribution is 5.72. The zero-order valence-electron chi connectivity index (χ0n) is 13.7. The fourth-order valence-electron chi connectivity index (χ4n) is 2.93. The lowest BCUT2D eigenvalue weighted by atomic mass is 9.98. The van der Waals surface area contributed by atoms with Gasteiger partial charge in [0.2, 0.25) is 0 Å². The molecule has 2 rings (SSSR count). The summed E-state index contributed by atoms with van der Waals surface area (Å²) in [7, 11) is 0. The second kappa shape index (κ2) is 8.79. The fraction of sp³-hybridized carbons (Fsp3) is 0.611. The van der Waals surface area contributed by atoms with Crippen LogP contribution in [-0.2, 0) is 16.0 Å². The molecule has 22 heavy (non-hydrogen) atoms. The van der Waals surface area contributed by atoms with Crippen molar-refractivity contribution >= 4 is 5.97 Å². The van der Waals surface area contributed by atoms with E-state index in [1.54, 1.807) is 0 Å². The van der Waals surface area contributed by atoms with Gasteiger partial charge in [-0.25, -0.2) is 0 Å². The van der Waals surface area contributed by atoms with Gasteiger partial charge in [0.25, 0.3) is 0 Å². The van der Waals surface area contributed by atoms with E-state index in [0.29, 0.717) is 13.2 Å². The Labute approximate surface area is 133 Å². The summed E-state index contributed by atoms with van der Waals surface area (Å²) in [6, 6.07) is 8.18. The van der Waals surface area contributed by atoms with Gasteiger partial charge in [0, 0.05) is 13.1 Å². The Balaban J connectivity index is 1.78. The van der Waals surface area contributed by atoms with Gasteiger partial charge in [-0.1, -0.05) is 25.1 Å². The number of likely N-dealkylation sites (tertiary alicyclic amines) is 1. The molecule has 0 N–H and O–H groups in total. The third kappa shape index (κ3) is 4.73. The maximum absolute atomic E-state index is 11.8. The Morgan fingerprint density at radius 3 is 2.91 bits per heavy atom. The van der Waals surface area contributed by atoms with Gasteiger partial charge in [-0.15, -0.1) is 0 Å². The van der Waals surface area contributed by atoms with Gasteiger partial charge in [0.15, 0.2) is 0 Å². The molecule has 4 heteroatoms. The van der Waals surface area contributed by atoms with Crippen LogP contribution in [0.15, 0.2) is 24.3 Å². The summed E-state index contributed by atoms with van der Waals surface area (Å²) in [4.78, 5) is 14.1. The number of esters is 1. The zero-order chi connectivity index (χ0) is 15.8. The Kier molecular flexibility index (Phi) is 6.72. The molecule has 1 heterocycles. The van der Waals surface area contributed by atoms with E-state index < -0.39 is 0 Å². The van der Waals surface area contributed by atoms with Crippen LogP contribution in [0.4, 0.5) is 0 Å². The summed E-state index contributed by atoms with van der Waals surface area (Å²) in [5.41, 5.74) is 1.24. The molecule has 0 saturated carbocycles. The average Bonchev–Trinajstić information content (AvgIpc) is 2.56. The van der Waals surface area contributed by atoms with E-state index in [9.17, 15) is 4.79 Å². The van der Waals surface area contributed by atoms with E-state index in [4.69, 9.17) is 9.47 Å². The van der Waals surface area contributed by atoms with Gasteiger partial charge in [0.1, 0.15) is 12.4 Å². The third-order valence-electron chi connectivity index (χ3n) is 4.14. The van der Waals surface area contributed by atoms with Gasteiger partial charge < -0.3 is 9.47 Å². The number of carbonyl (C=O) groups is 1. The summed E-state index contributed by atoms with van der Waals surface area (Å²) in [5, 5.41) is 0. The number of nitrogens with zero attached hydrogens (tertiary/aromatic N) is 1. The van der Waals surface area contributed by atoms with E-state index in [-0.39, 0.29) is 11.9 Å². The molecule has 1 saturated heterocycles. The van der Waals surface area contributed by atoms with Crippen molar-refractivity contribution in [3.63, 3.8) is 0 Å². The maximum Gasteiger partial charge on any atom is 0.310 e. The molecule has 0 aliphatic carbocycles. The van der Waals surface area contributed by atoms with Crippen molar-refractivity contribution in [3.05, 3.63) is 29.8 Å². The summed E-state index contributed by atoms with van der Waals surface area (Å²) < 4.78 is 11.1. The van der Waals surface area contributed by atoms with Crippen LogP contribution < -0.4 is 4.74 Å². The summed E-state index contributed by atoms with van der Waals surface area (Å²) in [6.07, 6.45) is 2.97. The van der Waals surface area contributed by atoms with E-state index in [2.05, 4.69) is 17.9 Å². The highest BCUT2D eigenvalue weighted by atomic mass is 16.5. The van der Waals surface area contributed by atoms with Crippen LogP contribution in [0.5, 0.6) is 5.75 Å². The number of benzene rings is 1. The highest BCUT2D eigenvalue weighted by Gasteiger charge is 2.26. The first-order valence-corrected chi connectivity index (χ1v) is 8.34. The molecule has 1 aromatic carbocycles. The van der Waals surface area contributed by atoms with Gasteiger partial charge >= 0.3 is 5.97 Å². The van der Waals surface area contributed by atoms with Crippen molar-refractivity contribution in [1.82, 2.24) is 4.90 Å². The minimum Gasteiger partial charge on any atom is -0.492 e. The Morgan fingerprint density at radius 1 is 1.32 bits per heavy atom. The summed E-state index contributed by atoms with van der Waals surface area (Å²) >= 11 is 0. The standard InChI is InChI=1S/C18H27NO3/c1-3-15-8-5-6-10-17(15)22-13-12-19-11-7-9-16(14-19)18(20)21-4-2/h5-6,8,10,16H,3-4,7,9,11-14H2,1-2H3. The topological polar surface area (TPSA) is 38.8 Å². The molecular formula is C18H27NO3. The molecule has 4 nitrogen and oxygen atoms in total. The van der Waals surface area contributed by atoms with Gasteiger partial charge in [-0.05, 0) is 44.4 Å². The van der Waals surface area contributed by atoms with E-state index in [1.165, 1.54) is 5.56 Å². The minimum atomic E-state index is -0.0514. The normalized spacial score (nSPS) is 18.9. The predicted octanol–water partition coefficient (Wildman–Crippen LogP) is 2.90. The van der Waals surface area contributed by atoms with Crippen molar-refractivity contribution in [1.29, 1.82) is 0 Å². The number of ether oxygens (including phenoxy) is 2. The van der Waals surface area contributed by atoms with Crippen LogP contribution in [0.1, 0.15) is 32.3 Å². The number of aryl methyl sites for hydroxylation is 1. The molecule has 1 fully saturated rings. The maximum atomic E-state index is 11.8. The Bertz CT molecular complexity index is 475. The summed E-state index contributed by atoms with van der Waals surface area (Å²) in [6.45, 7) is 7.80. The van der Waals surface area contributed by atoms with Crippen LogP contribution in [-0.4, -0.2) is 43.7 Å². The second-order valence-corrected chi connectivity index (χ2v) is 5.70.